The van der Waals surface area contributed by atoms with Crippen LogP contribution >= 0.6 is 0 Å². The SMILES string of the molecule is CCCc1ccc(C2(C)NC(=O)N(CC(=O)N(C)Cc3ccc(OC)c(F)c3)C2=O)cc1. The summed E-state index contributed by atoms with van der Waals surface area (Å²) >= 11 is 0. The Bertz CT molecular complexity index is 1020. The molecule has 32 heavy (non-hydrogen) atoms. The first-order valence-electron chi connectivity index (χ1n) is 10.5. The van der Waals surface area contributed by atoms with Crippen LogP contribution in [0, 0.1) is 5.82 Å². The van der Waals surface area contributed by atoms with Gasteiger partial charge in [0.25, 0.3) is 5.91 Å². The number of likely N-dealkylation sites (N-methyl/N-ethyl adjacent to an activating group) is 1. The molecule has 0 saturated carbocycles. The van der Waals surface area contributed by atoms with Gasteiger partial charge in [-0.2, -0.15) is 0 Å². The third-order valence-corrected chi connectivity index (χ3v) is 5.70. The molecule has 7 nitrogen and oxygen atoms in total. The number of hydrogen-bond donors (Lipinski definition) is 1. The van der Waals surface area contributed by atoms with E-state index in [4.69, 9.17) is 4.74 Å². The lowest BCUT2D eigenvalue weighted by atomic mass is 9.91. The van der Waals surface area contributed by atoms with Crippen molar-refractivity contribution < 1.29 is 23.5 Å². The number of hydrogen-bond acceptors (Lipinski definition) is 4. The van der Waals surface area contributed by atoms with Crippen LogP contribution < -0.4 is 10.1 Å². The number of aryl methyl sites for hydroxylation is 1. The molecule has 1 atom stereocenters. The van der Waals surface area contributed by atoms with Crippen LogP contribution in [-0.4, -0.2) is 48.3 Å². The zero-order chi connectivity index (χ0) is 23.5. The maximum absolute atomic E-state index is 13.9. The maximum atomic E-state index is 13.9. The third kappa shape index (κ3) is 4.59. The predicted molar refractivity (Wildman–Crippen MR) is 117 cm³/mol. The van der Waals surface area contributed by atoms with Crippen molar-refractivity contribution in [3.8, 4) is 5.75 Å². The van der Waals surface area contributed by atoms with Crippen LogP contribution in [0.5, 0.6) is 5.75 Å². The predicted octanol–water partition coefficient (Wildman–Crippen LogP) is 3.21. The number of carbonyl (C=O) groups excluding carboxylic acids is 3. The van der Waals surface area contributed by atoms with Crippen molar-refractivity contribution in [2.45, 2.75) is 38.8 Å². The highest BCUT2D eigenvalue weighted by atomic mass is 19.1. The topological polar surface area (TPSA) is 79.0 Å². The van der Waals surface area contributed by atoms with E-state index in [1.165, 1.54) is 31.2 Å². The van der Waals surface area contributed by atoms with E-state index < -0.39 is 35.7 Å². The Kier molecular flexibility index (Phi) is 6.81. The number of methoxy groups -OCH3 is 1. The second-order valence-electron chi connectivity index (χ2n) is 8.11. The number of benzene rings is 2. The Morgan fingerprint density at radius 1 is 1.16 bits per heavy atom. The fourth-order valence-corrected chi connectivity index (χ4v) is 3.76. The van der Waals surface area contributed by atoms with Gasteiger partial charge in [-0.05, 0) is 42.2 Å². The monoisotopic (exact) mass is 441 g/mol. The van der Waals surface area contributed by atoms with E-state index in [0.29, 0.717) is 11.1 Å². The van der Waals surface area contributed by atoms with Crippen LogP contribution in [0.1, 0.15) is 37.0 Å². The molecule has 3 rings (SSSR count). The molecule has 1 saturated heterocycles. The largest absolute Gasteiger partial charge is 0.494 e. The van der Waals surface area contributed by atoms with Crippen molar-refractivity contribution in [1.29, 1.82) is 0 Å². The first-order valence-corrected chi connectivity index (χ1v) is 10.5. The van der Waals surface area contributed by atoms with E-state index in [1.54, 1.807) is 13.0 Å². The van der Waals surface area contributed by atoms with Crippen molar-refractivity contribution in [1.82, 2.24) is 15.1 Å². The molecule has 0 bridgehead atoms. The minimum Gasteiger partial charge on any atom is -0.494 e. The summed E-state index contributed by atoms with van der Waals surface area (Å²) in [5, 5.41) is 2.72. The van der Waals surface area contributed by atoms with Gasteiger partial charge in [-0.25, -0.2) is 9.18 Å². The van der Waals surface area contributed by atoms with Gasteiger partial charge in [0.15, 0.2) is 11.6 Å². The van der Waals surface area contributed by atoms with E-state index in [2.05, 4.69) is 12.2 Å². The maximum Gasteiger partial charge on any atom is 0.325 e. The second-order valence-corrected chi connectivity index (χ2v) is 8.11. The lowest BCUT2D eigenvalue weighted by molar-refractivity contribution is -0.138. The zero-order valence-electron chi connectivity index (χ0n) is 18.8. The molecule has 1 aliphatic heterocycles. The first-order chi connectivity index (χ1) is 15.2. The molecule has 0 spiro atoms. The van der Waals surface area contributed by atoms with E-state index in [1.807, 2.05) is 24.3 Å². The minimum absolute atomic E-state index is 0.115. The average molecular weight is 442 g/mol. The number of nitrogens with zero attached hydrogens (tertiary/aromatic N) is 2. The van der Waals surface area contributed by atoms with Crippen molar-refractivity contribution in [3.05, 3.63) is 65.0 Å². The van der Waals surface area contributed by atoms with Crippen LogP contribution in [0.2, 0.25) is 0 Å². The zero-order valence-corrected chi connectivity index (χ0v) is 18.8. The summed E-state index contributed by atoms with van der Waals surface area (Å²) in [5.41, 5.74) is 1.14. The van der Waals surface area contributed by atoms with E-state index >= 15 is 0 Å². The first kappa shape index (κ1) is 23.2. The van der Waals surface area contributed by atoms with Crippen molar-refractivity contribution in [2.24, 2.45) is 0 Å². The number of halogens is 1. The smallest absolute Gasteiger partial charge is 0.325 e. The summed E-state index contributed by atoms with van der Waals surface area (Å²) < 4.78 is 18.8. The number of urea groups is 1. The van der Waals surface area contributed by atoms with Crippen LogP contribution in [-0.2, 0) is 28.1 Å². The van der Waals surface area contributed by atoms with E-state index in [0.717, 1.165) is 23.3 Å². The molecule has 1 fully saturated rings. The molecule has 1 aliphatic rings. The Balaban J connectivity index is 1.68. The Hall–Kier alpha value is -3.42. The summed E-state index contributed by atoms with van der Waals surface area (Å²) in [6.07, 6.45) is 1.95. The number of nitrogens with one attached hydrogen (secondary N) is 1. The standard InChI is InChI=1S/C24H28FN3O4/c1-5-6-16-7-10-18(11-8-16)24(2)22(30)28(23(31)26-24)15-21(29)27(3)14-17-9-12-20(32-4)19(25)13-17/h7-13H,5-6,14-15H2,1-4H3,(H,26,31). The second kappa shape index (κ2) is 9.38. The Morgan fingerprint density at radius 2 is 1.81 bits per heavy atom. The Labute approximate surface area is 187 Å². The average Bonchev–Trinajstić information content (AvgIpc) is 2.98. The molecule has 2 aromatic carbocycles. The number of rotatable bonds is 8. The summed E-state index contributed by atoms with van der Waals surface area (Å²) in [5.74, 6) is -1.33. The van der Waals surface area contributed by atoms with Gasteiger partial charge in [-0.1, -0.05) is 43.7 Å². The fraction of sp³-hybridized carbons (Fsp3) is 0.375. The summed E-state index contributed by atoms with van der Waals surface area (Å²) in [7, 11) is 2.91. The van der Waals surface area contributed by atoms with Crippen molar-refractivity contribution >= 4 is 17.8 Å². The molecular formula is C24H28FN3O4. The molecule has 4 amide bonds. The third-order valence-electron chi connectivity index (χ3n) is 5.70. The summed E-state index contributed by atoms with van der Waals surface area (Å²) in [4.78, 5) is 40.6. The van der Waals surface area contributed by atoms with Crippen LogP contribution in [0.25, 0.3) is 0 Å². The number of ether oxygens (including phenoxy) is 1. The van der Waals surface area contributed by atoms with Crippen LogP contribution in [0.4, 0.5) is 9.18 Å². The van der Waals surface area contributed by atoms with Crippen molar-refractivity contribution in [2.75, 3.05) is 20.7 Å². The molecule has 1 unspecified atom stereocenters. The van der Waals surface area contributed by atoms with Gasteiger partial charge in [0.2, 0.25) is 5.91 Å². The van der Waals surface area contributed by atoms with Crippen LogP contribution in [0.3, 0.4) is 0 Å². The minimum atomic E-state index is -1.24. The quantitative estimate of drug-likeness (QED) is 0.638. The highest BCUT2D eigenvalue weighted by Gasteiger charge is 2.49. The van der Waals surface area contributed by atoms with Gasteiger partial charge >= 0.3 is 6.03 Å². The number of imide groups is 1. The Morgan fingerprint density at radius 3 is 2.41 bits per heavy atom. The van der Waals surface area contributed by atoms with Gasteiger partial charge < -0.3 is 15.0 Å². The molecule has 2 aromatic rings. The number of carbonyl (C=O) groups is 3. The van der Waals surface area contributed by atoms with Gasteiger partial charge in [-0.15, -0.1) is 0 Å². The van der Waals surface area contributed by atoms with Crippen molar-refractivity contribution in [3.63, 3.8) is 0 Å². The molecular weight excluding hydrogens is 413 g/mol. The van der Waals surface area contributed by atoms with E-state index in [-0.39, 0.29) is 12.3 Å². The lowest BCUT2D eigenvalue weighted by Gasteiger charge is -2.23. The molecule has 8 heteroatoms. The number of amides is 4. The molecule has 0 radical (unpaired) electrons. The molecule has 1 heterocycles. The lowest BCUT2D eigenvalue weighted by Crippen LogP contribution is -2.43. The van der Waals surface area contributed by atoms with Gasteiger partial charge in [0, 0.05) is 13.6 Å². The fourth-order valence-electron chi connectivity index (χ4n) is 3.76. The molecule has 170 valence electrons. The highest BCUT2D eigenvalue weighted by molar-refractivity contribution is 6.09. The van der Waals surface area contributed by atoms with Gasteiger partial charge in [-0.3, -0.25) is 14.5 Å². The van der Waals surface area contributed by atoms with Gasteiger partial charge in [0.1, 0.15) is 12.1 Å². The molecule has 0 aliphatic carbocycles. The van der Waals surface area contributed by atoms with Crippen LogP contribution in [0.15, 0.2) is 42.5 Å². The molecule has 0 aromatic heterocycles. The highest BCUT2D eigenvalue weighted by Crippen LogP contribution is 2.29. The molecule has 1 N–H and O–H groups in total. The van der Waals surface area contributed by atoms with E-state index in [9.17, 15) is 18.8 Å². The summed E-state index contributed by atoms with van der Waals surface area (Å²) in [6.45, 7) is 3.45. The summed E-state index contributed by atoms with van der Waals surface area (Å²) in [6, 6.07) is 11.4. The normalized spacial score (nSPS) is 18.0. The van der Waals surface area contributed by atoms with Gasteiger partial charge in [0.05, 0.1) is 7.11 Å².